The first kappa shape index (κ1) is 20.0. The normalized spacial score (nSPS) is 13.7. The number of nitrogens with one attached hydrogen (secondary N) is 1. The molecule has 1 aliphatic heterocycles. The third-order valence-corrected chi connectivity index (χ3v) is 5.58. The minimum atomic E-state index is -0.0651. The molecule has 0 aliphatic carbocycles. The number of nitrogens with zero attached hydrogens (tertiary/aromatic N) is 2. The first-order chi connectivity index (χ1) is 14.5. The molecule has 0 bridgehead atoms. The van der Waals surface area contributed by atoms with Crippen LogP contribution in [-0.4, -0.2) is 35.6 Å². The van der Waals surface area contributed by atoms with E-state index in [0.717, 1.165) is 46.0 Å². The zero-order chi connectivity index (χ0) is 21.3. The number of aromatic nitrogens is 2. The van der Waals surface area contributed by atoms with Crippen molar-refractivity contribution in [2.75, 3.05) is 26.5 Å². The molecule has 0 saturated carbocycles. The van der Waals surface area contributed by atoms with Crippen LogP contribution in [0.1, 0.15) is 22.4 Å². The van der Waals surface area contributed by atoms with Gasteiger partial charge in [-0.3, -0.25) is 9.69 Å². The van der Waals surface area contributed by atoms with Gasteiger partial charge < -0.3 is 20.2 Å². The number of hydrogen-bond donors (Lipinski definition) is 2. The molecule has 30 heavy (non-hydrogen) atoms. The fourth-order valence-corrected chi connectivity index (χ4v) is 3.89. The second-order valence-corrected chi connectivity index (χ2v) is 7.55. The van der Waals surface area contributed by atoms with Crippen molar-refractivity contribution in [3.63, 3.8) is 0 Å². The number of nitrogen functional groups attached to an aromatic ring is 1. The van der Waals surface area contributed by atoms with Crippen molar-refractivity contribution < 1.29 is 9.47 Å². The lowest BCUT2D eigenvalue weighted by Crippen LogP contribution is -2.35. The van der Waals surface area contributed by atoms with E-state index in [1.54, 1.807) is 26.4 Å². The number of anilines is 1. The van der Waals surface area contributed by atoms with Crippen LogP contribution < -0.4 is 20.8 Å². The number of rotatable bonds is 5. The van der Waals surface area contributed by atoms with E-state index in [-0.39, 0.29) is 5.56 Å². The number of benzene rings is 2. The van der Waals surface area contributed by atoms with E-state index in [0.29, 0.717) is 31.0 Å². The second-order valence-electron chi connectivity index (χ2n) is 7.55. The van der Waals surface area contributed by atoms with Gasteiger partial charge in [0.05, 0.1) is 19.9 Å². The molecule has 7 heteroatoms. The van der Waals surface area contributed by atoms with Gasteiger partial charge in [0.2, 0.25) is 0 Å². The number of aromatic amines is 1. The summed E-state index contributed by atoms with van der Waals surface area (Å²) in [5, 5.41) is 0. The molecule has 7 nitrogen and oxygen atoms in total. The van der Waals surface area contributed by atoms with Crippen LogP contribution in [-0.2, 0) is 19.5 Å². The smallest absolute Gasteiger partial charge is 0.254 e. The van der Waals surface area contributed by atoms with Crippen LogP contribution in [0, 0.1) is 6.92 Å². The van der Waals surface area contributed by atoms with Gasteiger partial charge in [0.15, 0.2) is 0 Å². The summed E-state index contributed by atoms with van der Waals surface area (Å²) < 4.78 is 11.0. The summed E-state index contributed by atoms with van der Waals surface area (Å²) in [6.45, 7) is 4.16. The first-order valence-corrected chi connectivity index (χ1v) is 9.90. The highest BCUT2D eigenvalue weighted by Gasteiger charge is 2.23. The Balaban J connectivity index is 1.62. The van der Waals surface area contributed by atoms with Crippen molar-refractivity contribution >= 4 is 5.69 Å². The molecule has 0 unspecified atom stereocenters. The Morgan fingerprint density at radius 2 is 1.93 bits per heavy atom. The zero-order valence-corrected chi connectivity index (χ0v) is 17.5. The van der Waals surface area contributed by atoms with E-state index in [1.807, 2.05) is 24.3 Å². The molecule has 0 amide bonds. The molecule has 0 spiro atoms. The van der Waals surface area contributed by atoms with Crippen LogP contribution in [0.3, 0.4) is 0 Å². The Hall–Kier alpha value is -3.32. The fraction of sp³-hybridized carbons (Fsp3) is 0.304. The number of nitrogens with two attached hydrogens (primary N) is 1. The predicted molar refractivity (Wildman–Crippen MR) is 117 cm³/mol. The number of aryl methyl sites for hydroxylation is 1. The SMILES string of the molecule is COc1cc(C)c(CN2CCc3c(nc(-c4ccc(N)cc4)[nH]c3=O)C2)c(OC)c1. The van der Waals surface area contributed by atoms with Crippen molar-refractivity contribution in [1.82, 2.24) is 14.9 Å². The molecule has 1 aliphatic rings. The maximum absolute atomic E-state index is 12.6. The largest absolute Gasteiger partial charge is 0.497 e. The topological polar surface area (TPSA) is 93.5 Å². The Morgan fingerprint density at radius 3 is 2.63 bits per heavy atom. The number of fused-ring (bicyclic) bond motifs is 1. The molecule has 3 N–H and O–H groups in total. The average Bonchev–Trinajstić information content (AvgIpc) is 2.75. The predicted octanol–water partition coefficient (Wildman–Crippen LogP) is 2.90. The molecule has 3 aromatic rings. The van der Waals surface area contributed by atoms with Gasteiger partial charge in [-0.1, -0.05) is 0 Å². The minimum absolute atomic E-state index is 0.0651. The van der Waals surface area contributed by atoms with E-state index >= 15 is 0 Å². The van der Waals surface area contributed by atoms with Gasteiger partial charge in [0.1, 0.15) is 17.3 Å². The zero-order valence-electron chi connectivity index (χ0n) is 17.5. The molecule has 0 radical (unpaired) electrons. The molecule has 4 rings (SSSR count). The Bertz CT molecular complexity index is 1120. The second kappa shape index (κ2) is 8.20. The molecule has 0 atom stereocenters. The van der Waals surface area contributed by atoms with Crippen LogP contribution >= 0.6 is 0 Å². The van der Waals surface area contributed by atoms with Crippen LogP contribution in [0.2, 0.25) is 0 Å². The molecule has 0 fully saturated rings. The molecule has 1 aromatic heterocycles. The van der Waals surface area contributed by atoms with Crippen molar-refractivity contribution in [3.05, 3.63) is 69.1 Å². The van der Waals surface area contributed by atoms with E-state index in [9.17, 15) is 4.79 Å². The Kier molecular flexibility index (Phi) is 5.46. The lowest BCUT2D eigenvalue weighted by molar-refractivity contribution is 0.236. The highest BCUT2D eigenvalue weighted by Crippen LogP contribution is 2.30. The lowest BCUT2D eigenvalue weighted by Gasteiger charge is -2.29. The highest BCUT2D eigenvalue weighted by molar-refractivity contribution is 5.58. The molecular weight excluding hydrogens is 380 g/mol. The third kappa shape index (κ3) is 3.89. The number of methoxy groups -OCH3 is 2. The Labute approximate surface area is 175 Å². The van der Waals surface area contributed by atoms with Crippen LogP contribution in [0.25, 0.3) is 11.4 Å². The van der Waals surface area contributed by atoms with Crippen LogP contribution in [0.5, 0.6) is 11.5 Å². The number of ether oxygens (including phenoxy) is 2. The third-order valence-electron chi connectivity index (χ3n) is 5.58. The summed E-state index contributed by atoms with van der Waals surface area (Å²) in [4.78, 5) is 22.6. The summed E-state index contributed by atoms with van der Waals surface area (Å²) in [6, 6.07) is 11.3. The van der Waals surface area contributed by atoms with Crippen LogP contribution in [0.15, 0.2) is 41.2 Å². The molecular formula is C23H26N4O3. The molecule has 2 heterocycles. The quantitative estimate of drug-likeness (QED) is 0.633. The van der Waals surface area contributed by atoms with Gasteiger partial charge in [0.25, 0.3) is 5.56 Å². The summed E-state index contributed by atoms with van der Waals surface area (Å²) in [5.41, 5.74) is 11.0. The van der Waals surface area contributed by atoms with Gasteiger partial charge in [-0.2, -0.15) is 0 Å². The van der Waals surface area contributed by atoms with Gasteiger partial charge in [-0.25, -0.2) is 4.98 Å². The number of hydrogen-bond acceptors (Lipinski definition) is 6. The first-order valence-electron chi connectivity index (χ1n) is 9.90. The van der Waals surface area contributed by atoms with Crippen molar-refractivity contribution in [1.29, 1.82) is 0 Å². The Morgan fingerprint density at radius 1 is 1.17 bits per heavy atom. The summed E-state index contributed by atoms with van der Waals surface area (Å²) in [6.07, 6.45) is 0.664. The highest BCUT2D eigenvalue weighted by atomic mass is 16.5. The van der Waals surface area contributed by atoms with Gasteiger partial charge in [-0.15, -0.1) is 0 Å². The van der Waals surface area contributed by atoms with E-state index in [2.05, 4.69) is 16.8 Å². The van der Waals surface area contributed by atoms with Crippen LogP contribution in [0.4, 0.5) is 5.69 Å². The minimum Gasteiger partial charge on any atom is -0.497 e. The van der Waals surface area contributed by atoms with E-state index in [1.165, 1.54) is 0 Å². The fourth-order valence-electron chi connectivity index (χ4n) is 3.89. The standard InChI is InChI=1S/C23H26N4O3/c1-14-10-17(29-2)11-21(30-3)19(14)12-27-9-8-18-20(13-27)25-22(26-23(18)28)15-4-6-16(24)7-5-15/h4-7,10-11H,8-9,12-13,24H2,1-3H3,(H,25,26,28). The average molecular weight is 406 g/mol. The molecule has 0 saturated heterocycles. The van der Waals surface area contributed by atoms with Crippen molar-refractivity contribution in [3.8, 4) is 22.9 Å². The van der Waals surface area contributed by atoms with Gasteiger partial charge >= 0.3 is 0 Å². The lowest BCUT2D eigenvalue weighted by atomic mass is 10.0. The summed E-state index contributed by atoms with van der Waals surface area (Å²) in [5.74, 6) is 2.15. The van der Waals surface area contributed by atoms with E-state index in [4.69, 9.17) is 20.2 Å². The monoisotopic (exact) mass is 406 g/mol. The summed E-state index contributed by atoms with van der Waals surface area (Å²) >= 11 is 0. The van der Waals surface area contributed by atoms with Crippen molar-refractivity contribution in [2.45, 2.75) is 26.4 Å². The summed E-state index contributed by atoms with van der Waals surface area (Å²) in [7, 11) is 3.32. The van der Waals surface area contributed by atoms with Gasteiger partial charge in [-0.05, 0) is 49.2 Å². The number of H-pyrrole nitrogens is 1. The van der Waals surface area contributed by atoms with E-state index < -0.39 is 0 Å². The van der Waals surface area contributed by atoms with Crippen molar-refractivity contribution in [2.24, 2.45) is 0 Å². The molecule has 156 valence electrons. The van der Waals surface area contributed by atoms with Gasteiger partial charge in [0, 0.05) is 48.1 Å². The molecule has 2 aromatic carbocycles. The maximum atomic E-state index is 12.6. The maximum Gasteiger partial charge on any atom is 0.254 e.